The first-order valence-corrected chi connectivity index (χ1v) is 6.94. The second-order valence-electron chi connectivity index (χ2n) is 5.86. The predicted molar refractivity (Wildman–Crippen MR) is 71.8 cm³/mol. The van der Waals surface area contributed by atoms with Crippen LogP contribution in [0.25, 0.3) is 0 Å². The third kappa shape index (κ3) is 2.44. The van der Waals surface area contributed by atoms with Crippen molar-refractivity contribution in [2.75, 3.05) is 21.3 Å². The topological polar surface area (TPSA) is 101 Å². The van der Waals surface area contributed by atoms with E-state index in [1.807, 2.05) is 0 Å². The van der Waals surface area contributed by atoms with Crippen LogP contribution in [-0.2, 0) is 33.3 Å². The summed E-state index contributed by atoms with van der Waals surface area (Å²) in [6, 6.07) is 0. The van der Waals surface area contributed by atoms with Gasteiger partial charge in [0.15, 0.2) is 11.4 Å². The van der Waals surface area contributed by atoms with Crippen LogP contribution in [0.15, 0.2) is 0 Å². The van der Waals surface area contributed by atoms with E-state index in [1.165, 1.54) is 14.2 Å². The van der Waals surface area contributed by atoms with Gasteiger partial charge >= 0.3 is 5.97 Å². The van der Waals surface area contributed by atoms with Gasteiger partial charge in [-0.25, -0.2) is 4.79 Å². The molecule has 1 heterocycles. The Morgan fingerprint density at radius 1 is 1.18 bits per heavy atom. The molecule has 0 amide bonds. The van der Waals surface area contributed by atoms with Crippen molar-refractivity contribution >= 4 is 11.8 Å². The van der Waals surface area contributed by atoms with E-state index in [-0.39, 0.29) is 6.42 Å². The Kier molecular flexibility index (Phi) is 4.35. The molecule has 0 spiro atoms. The summed E-state index contributed by atoms with van der Waals surface area (Å²) in [6.45, 7) is 3.20. The van der Waals surface area contributed by atoms with Crippen molar-refractivity contribution in [3.05, 3.63) is 0 Å². The average Bonchev–Trinajstić information content (AvgIpc) is 2.48. The summed E-state index contributed by atoms with van der Waals surface area (Å²) < 4.78 is 26.8. The third-order valence-electron chi connectivity index (χ3n) is 4.56. The molecule has 22 heavy (non-hydrogen) atoms. The van der Waals surface area contributed by atoms with Crippen molar-refractivity contribution in [3.63, 3.8) is 0 Å². The minimum absolute atomic E-state index is 0.130. The number of ketones is 1. The molecule has 1 N–H and O–H groups in total. The smallest absolute Gasteiger partial charge is 0.338 e. The SMILES string of the molecule is COC(=O)[C@]1(O)CC(=O)[C@H]2OC(C)(OC)C(C)(OC)O[C@@H]2C1. The summed E-state index contributed by atoms with van der Waals surface area (Å²) in [5.41, 5.74) is -1.92. The lowest BCUT2D eigenvalue weighted by Gasteiger charge is -2.54. The Bertz CT molecular complexity index is 479. The maximum Gasteiger partial charge on any atom is 0.338 e. The van der Waals surface area contributed by atoms with E-state index in [4.69, 9.17) is 18.9 Å². The molecule has 1 saturated heterocycles. The number of hydrogen-bond acceptors (Lipinski definition) is 8. The summed E-state index contributed by atoms with van der Waals surface area (Å²) in [6.07, 6.45) is -2.32. The highest BCUT2D eigenvalue weighted by molar-refractivity contribution is 5.93. The van der Waals surface area contributed by atoms with Gasteiger partial charge in [0.1, 0.15) is 6.10 Å². The summed E-state index contributed by atoms with van der Waals surface area (Å²) in [5.74, 6) is -3.94. The highest BCUT2D eigenvalue weighted by Gasteiger charge is 2.62. The highest BCUT2D eigenvalue weighted by atomic mass is 16.8. The normalized spacial score (nSPS) is 45.3. The van der Waals surface area contributed by atoms with Crippen LogP contribution in [0.1, 0.15) is 26.7 Å². The van der Waals surface area contributed by atoms with Gasteiger partial charge in [0, 0.05) is 27.1 Å². The van der Waals surface area contributed by atoms with Gasteiger partial charge in [-0.15, -0.1) is 0 Å². The number of esters is 1. The molecule has 0 aromatic heterocycles. The maximum atomic E-state index is 12.3. The molecule has 2 aliphatic rings. The van der Waals surface area contributed by atoms with Crippen molar-refractivity contribution in [1.82, 2.24) is 0 Å². The predicted octanol–water partition coefficient (Wildman–Crippen LogP) is -0.237. The molecule has 2 fully saturated rings. The van der Waals surface area contributed by atoms with Gasteiger partial charge in [-0.3, -0.25) is 4.79 Å². The molecule has 2 unspecified atom stereocenters. The number of Topliss-reactive ketones (excluding diaryl/α,β-unsaturated/α-hetero) is 1. The van der Waals surface area contributed by atoms with E-state index in [0.29, 0.717) is 0 Å². The standard InChI is InChI=1S/C14H22O8/c1-12(19-4)13(2,20-5)22-10-8(15)6-14(17,11(16)18-3)7-9(10)21-12/h9-10,17H,6-7H2,1-5H3/t9-,10-,12?,13?,14+/m1/s1. The molecule has 8 nitrogen and oxygen atoms in total. The van der Waals surface area contributed by atoms with Gasteiger partial charge in [0.05, 0.1) is 13.2 Å². The lowest BCUT2D eigenvalue weighted by molar-refractivity contribution is -0.446. The number of ether oxygens (including phenoxy) is 5. The minimum Gasteiger partial charge on any atom is -0.467 e. The van der Waals surface area contributed by atoms with Crippen molar-refractivity contribution in [1.29, 1.82) is 0 Å². The lowest BCUT2D eigenvalue weighted by Crippen LogP contribution is -2.69. The Morgan fingerprint density at radius 2 is 1.73 bits per heavy atom. The molecule has 1 aliphatic heterocycles. The van der Waals surface area contributed by atoms with Crippen molar-refractivity contribution in [2.24, 2.45) is 0 Å². The molecular formula is C14H22O8. The van der Waals surface area contributed by atoms with Crippen LogP contribution in [0.4, 0.5) is 0 Å². The summed E-state index contributed by atoms with van der Waals surface area (Å²) >= 11 is 0. The first-order valence-electron chi connectivity index (χ1n) is 6.94. The molecule has 5 atom stereocenters. The monoisotopic (exact) mass is 318 g/mol. The van der Waals surface area contributed by atoms with E-state index < -0.39 is 47.6 Å². The van der Waals surface area contributed by atoms with Crippen molar-refractivity contribution < 1.29 is 38.4 Å². The van der Waals surface area contributed by atoms with E-state index >= 15 is 0 Å². The Labute approximate surface area is 128 Å². The van der Waals surface area contributed by atoms with Crippen LogP contribution >= 0.6 is 0 Å². The number of methoxy groups -OCH3 is 3. The van der Waals surface area contributed by atoms with E-state index in [0.717, 1.165) is 7.11 Å². The highest BCUT2D eigenvalue weighted by Crippen LogP contribution is 2.44. The second-order valence-corrected chi connectivity index (χ2v) is 5.86. The van der Waals surface area contributed by atoms with Crippen molar-refractivity contribution in [3.8, 4) is 0 Å². The molecule has 1 aliphatic carbocycles. The van der Waals surface area contributed by atoms with Crippen LogP contribution in [0.2, 0.25) is 0 Å². The molecule has 0 radical (unpaired) electrons. The average molecular weight is 318 g/mol. The van der Waals surface area contributed by atoms with Crippen LogP contribution < -0.4 is 0 Å². The zero-order chi connectivity index (χ0) is 16.8. The molecule has 8 heteroatoms. The minimum atomic E-state index is -1.92. The Hall–Kier alpha value is -1.06. The molecule has 126 valence electrons. The summed E-state index contributed by atoms with van der Waals surface area (Å²) in [5, 5.41) is 10.4. The molecular weight excluding hydrogens is 296 g/mol. The quantitative estimate of drug-likeness (QED) is 0.712. The van der Waals surface area contributed by atoms with Gasteiger partial charge in [-0.1, -0.05) is 0 Å². The van der Waals surface area contributed by atoms with Crippen LogP contribution in [0, 0.1) is 0 Å². The van der Waals surface area contributed by atoms with Crippen LogP contribution in [-0.4, -0.2) is 67.6 Å². The number of rotatable bonds is 3. The fourth-order valence-electron chi connectivity index (χ4n) is 2.91. The molecule has 0 aromatic carbocycles. The molecule has 0 bridgehead atoms. The number of aliphatic hydroxyl groups is 1. The van der Waals surface area contributed by atoms with Gasteiger partial charge in [-0.05, 0) is 13.8 Å². The lowest BCUT2D eigenvalue weighted by atomic mass is 9.79. The van der Waals surface area contributed by atoms with Gasteiger partial charge in [-0.2, -0.15) is 0 Å². The van der Waals surface area contributed by atoms with E-state index in [2.05, 4.69) is 4.74 Å². The van der Waals surface area contributed by atoms with Crippen LogP contribution in [0.5, 0.6) is 0 Å². The fourth-order valence-corrected chi connectivity index (χ4v) is 2.91. The number of hydrogen-bond donors (Lipinski definition) is 1. The van der Waals surface area contributed by atoms with Gasteiger partial charge in [0.25, 0.3) is 0 Å². The summed E-state index contributed by atoms with van der Waals surface area (Å²) in [7, 11) is 3.98. The third-order valence-corrected chi connectivity index (χ3v) is 4.56. The molecule has 0 aromatic rings. The first-order chi connectivity index (χ1) is 10.1. The zero-order valence-electron chi connectivity index (χ0n) is 13.4. The Balaban J connectivity index is 2.32. The summed E-state index contributed by atoms with van der Waals surface area (Å²) in [4.78, 5) is 24.0. The van der Waals surface area contributed by atoms with Crippen molar-refractivity contribution in [2.45, 2.75) is 56.1 Å². The number of fused-ring (bicyclic) bond motifs is 1. The number of carbonyl (C=O) groups excluding carboxylic acids is 2. The Morgan fingerprint density at radius 3 is 2.23 bits per heavy atom. The van der Waals surface area contributed by atoms with E-state index in [9.17, 15) is 14.7 Å². The largest absolute Gasteiger partial charge is 0.467 e. The van der Waals surface area contributed by atoms with Gasteiger partial charge in [0.2, 0.25) is 11.6 Å². The maximum absolute atomic E-state index is 12.3. The molecule has 1 saturated carbocycles. The van der Waals surface area contributed by atoms with E-state index in [1.54, 1.807) is 13.8 Å². The number of carbonyl (C=O) groups is 2. The fraction of sp³-hybridized carbons (Fsp3) is 0.857. The second kappa shape index (κ2) is 5.54. The first kappa shape index (κ1) is 17.3. The molecule has 2 rings (SSSR count). The van der Waals surface area contributed by atoms with Crippen LogP contribution in [0.3, 0.4) is 0 Å². The zero-order valence-corrected chi connectivity index (χ0v) is 13.4. The van der Waals surface area contributed by atoms with Gasteiger partial charge < -0.3 is 28.8 Å².